The summed E-state index contributed by atoms with van der Waals surface area (Å²) in [7, 11) is 0. The van der Waals surface area contributed by atoms with Crippen LogP contribution < -0.4 is 9.80 Å². The molecule has 7 nitrogen and oxygen atoms in total. The highest BCUT2D eigenvalue weighted by Crippen LogP contribution is 2.23. The number of nitrogens with zero attached hydrogens (tertiary/aromatic N) is 5. The van der Waals surface area contributed by atoms with E-state index in [1.54, 1.807) is 4.90 Å². The molecule has 1 aromatic heterocycles. The summed E-state index contributed by atoms with van der Waals surface area (Å²) in [6.07, 6.45) is 0. The Kier molecular flexibility index (Phi) is 5.59. The number of benzene rings is 1. The van der Waals surface area contributed by atoms with E-state index in [4.69, 9.17) is 16.3 Å². The van der Waals surface area contributed by atoms with Crippen molar-refractivity contribution in [3.05, 3.63) is 46.7 Å². The molecule has 2 saturated heterocycles. The van der Waals surface area contributed by atoms with E-state index in [-0.39, 0.29) is 16.5 Å². The number of carbonyl (C=O) groups is 1. The summed E-state index contributed by atoms with van der Waals surface area (Å²) in [6, 6.07) is 8.18. The summed E-state index contributed by atoms with van der Waals surface area (Å²) in [6.45, 7) is 5.16. The Morgan fingerprint density at radius 3 is 2.11 bits per heavy atom. The summed E-state index contributed by atoms with van der Waals surface area (Å²) >= 11 is 6.02. The normalized spacial score (nSPS) is 17.7. The maximum absolute atomic E-state index is 14.0. The molecule has 0 aliphatic carbocycles. The van der Waals surface area contributed by atoms with Gasteiger partial charge in [-0.3, -0.25) is 4.79 Å². The third kappa shape index (κ3) is 3.88. The van der Waals surface area contributed by atoms with Crippen molar-refractivity contribution in [3.8, 4) is 0 Å². The predicted molar refractivity (Wildman–Crippen MR) is 105 cm³/mol. The molecule has 0 atom stereocenters. The van der Waals surface area contributed by atoms with Crippen molar-refractivity contribution in [2.75, 3.05) is 62.3 Å². The molecule has 2 aromatic rings. The van der Waals surface area contributed by atoms with Gasteiger partial charge in [0.2, 0.25) is 0 Å². The van der Waals surface area contributed by atoms with Crippen LogP contribution in [0.15, 0.2) is 30.3 Å². The highest BCUT2D eigenvalue weighted by atomic mass is 35.5. The molecule has 28 heavy (non-hydrogen) atoms. The molecule has 2 aliphatic heterocycles. The third-order valence-corrected chi connectivity index (χ3v) is 5.35. The van der Waals surface area contributed by atoms with Crippen molar-refractivity contribution < 1.29 is 13.9 Å². The van der Waals surface area contributed by atoms with Gasteiger partial charge in [0, 0.05) is 39.3 Å². The van der Waals surface area contributed by atoms with Crippen LogP contribution in [0.25, 0.3) is 0 Å². The van der Waals surface area contributed by atoms with Gasteiger partial charge in [0.15, 0.2) is 11.6 Å². The number of rotatable bonds is 3. The number of morpholine rings is 1. The quantitative estimate of drug-likeness (QED) is 0.779. The lowest BCUT2D eigenvalue weighted by Crippen LogP contribution is -2.49. The monoisotopic (exact) mass is 405 g/mol. The van der Waals surface area contributed by atoms with E-state index in [0.29, 0.717) is 39.4 Å². The first-order chi connectivity index (χ1) is 13.6. The Morgan fingerprint density at radius 2 is 1.54 bits per heavy atom. The van der Waals surface area contributed by atoms with Gasteiger partial charge in [-0.1, -0.05) is 17.7 Å². The van der Waals surface area contributed by atoms with E-state index >= 15 is 0 Å². The molecule has 4 rings (SSSR count). The zero-order valence-corrected chi connectivity index (χ0v) is 16.1. The maximum Gasteiger partial charge on any atom is 0.258 e. The molecule has 9 heteroatoms. The zero-order valence-electron chi connectivity index (χ0n) is 15.4. The summed E-state index contributed by atoms with van der Waals surface area (Å²) in [5.41, 5.74) is -0.0627. The number of hydrogen-bond acceptors (Lipinski definition) is 6. The maximum atomic E-state index is 14.0. The molecule has 0 bridgehead atoms. The minimum absolute atomic E-state index is 0.0627. The Hall–Kier alpha value is -2.45. The van der Waals surface area contributed by atoms with Crippen LogP contribution >= 0.6 is 11.6 Å². The standard InChI is InChI=1S/C19H21ClFN5O2/c20-14-2-1-3-15(21)18(14)19(27)26-8-6-24(7-9-26)16-4-5-17(23-22-16)25-10-12-28-13-11-25/h1-5H,6-13H2. The van der Waals surface area contributed by atoms with E-state index in [1.165, 1.54) is 18.2 Å². The summed E-state index contributed by atoms with van der Waals surface area (Å²) in [4.78, 5) is 18.5. The van der Waals surface area contributed by atoms with Crippen molar-refractivity contribution in [3.63, 3.8) is 0 Å². The van der Waals surface area contributed by atoms with Crippen LogP contribution in [0, 0.1) is 5.82 Å². The average molecular weight is 406 g/mol. The average Bonchev–Trinajstić information content (AvgIpc) is 2.74. The van der Waals surface area contributed by atoms with Gasteiger partial charge >= 0.3 is 0 Å². The number of amides is 1. The van der Waals surface area contributed by atoms with Crippen molar-refractivity contribution in [1.29, 1.82) is 0 Å². The van der Waals surface area contributed by atoms with Crippen molar-refractivity contribution in [2.24, 2.45) is 0 Å². The molecule has 0 saturated carbocycles. The van der Waals surface area contributed by atoms with Gasteiger partial charge in [-0.15, -0.1) is 10.2 Å². The Labute approximate surface area is 167 Å². The highest BCUT2D eigenvalue weighted by Gasteiger charge is 2.26. The number of piperazine rings is 1. The fourth-order valence-corrected chi connectivity index (χ4v) is 3.69. The molecule has 148 valence electrons. The second-order valence-electron chi connectivity index (χ2n) is 6.73. The first kappa shape index (κ1) is 18.9. The van der Waals surface area contributed by atoms with Gasteiger partial charge in [-0.2, -0.15) is 0 Å². The lowest BCUT2D eigenvalue weighted by Gasteiger charge is -2.35. The smallest absolute Gasteiger partial charge is 0.258 e. The lowest BCUT2D eigenvalue weighted by molar-refractivity contribution is 0.0742. The van der Waals surface area contributed by atoms with E-state index in [2.05, 4.69) is 20.0 Å². The Morgan fingerprint density at radius 1 is 0.929 bits per heavy atom. The Balaban J connectivity index is 1.38. The van der Waals surface area contributed by atoms with E-state index < -0.39 is 5.82 Å². The van der Waals surface area contributed by atoms with E-state index in [1.807, 2.05) is 12.1 Å². The van der Waals surface area contributed by atoms with E-state index in [9.17, 15) is 9.18 Å². The van der Waals surface area contributed by atoms with Gasteiger partial charge in [-0.25, -0.2) is 4.39 Å². The molecule has 2 fully saturated rings. The van der Waals surface area contributed by atoms with Crippen molar-refractivity contribution in [1.82, 2.24) is 15.1 Å². The van der Waals surface area contributed by atoms with Gasteiger partial charge in [-0.05, 0) is 24.3 Å². The minimum atomic E-state index is -0.593. The molecular formula is C19H21ClFN5O2. The van der Waals surface area contributed by atoms with Crippen LogP contribution in [0.4, 0.5) is 16.0 Å². The zero-order chi connectivity index (χ0) is 19.5. The van der Waals surface area contributed by atoms with E-state index in [0.717, 1.165) is 24.7 Å². The van der Waals surface area contributed by atoms with Crippen LogP contribution in [0.1, 0.15) is 10.4 Å². The number of hydrogen-bond donors (Lipinski definition) is 0. The second-order valence-corrected chi connectivity index (χ2v) is 7.13. The molecule has 0 spiro atoms. The SMILES string of the molecule is O=C(c1c(F)cccc1Cl)N1CCN(c2ccc(N3CCOCC3)nn2)CC1. The largest absolute Gasteiger partial charge is 0.378 e. The number of ether oxygens (including phenoxy) is 1. The van der Waals surface area contributed by atoms with Crippen LogP contribution in [0.5, 0.6) is 0 Å². The first-order valence-corrected chi connectivity index (χ1v) is 9.66. The highest BCUT2D eigenvalue weighted by molar-refractivity contribution is 6.33. The third-order valence-electron chi connectivity index (χ3n) is 5.04. The second kappa shape index (κ2) is 8.28. The summed E-state index contributed by atoms with van der Waals surface area (Å²) < 4.78 is 19.4. The molecule has 1 amide bonds. The van der Waals surface area contributed by atoms with Crippen LogP contribution in [-0.4, -0.2) is 73.5 Å². The number of halogens is 2. The van der Waals surface area contributed by atoms with Crippen LogP contribution in [0.3, 0.4) is 0 Å². The minimum Gasteiger partial charge on any atom is -0.378 e. The first-order valence-electron chi connectivity index (χ1n) is 9.28. The van der Waals surface area contributed by atoms with Crippen LogP contribution in [-0.2, 0) is 4.74 Å². The van der Waals surface area contributed by atoms with Crippen molar-refractivity contribution >= 4 is 29.1 Å². The molecular weight excluding hydrogens is 385 g/mol. The molecule has 1 aromatic carbocycles. The Bertz CT molecular complexity index is 816. The summed E-state index contributed by atoms with van der Waals surface area (Å²) in [5.74, 6) is 0.643. The molecule has 0 unspecified atom stereocenters. The number of anilines is 2. The predicted octanol–water partition coefficient (Wildman–Crippen LogP) is 2.07. The van der Waals surface area contributed by atoms with Gasteiger partial charge < -0.3 is 19.4 Å². The fourth-order valence-electron chi connectivity index (χ4n) is 3.45. The van der Waals surface area contributed by atoms with Crippen LogP contribution in [0.2, 0.25) is 5.02 Å². The molecule has 3 heterocycles. The fraction of sp³-hybridized carbons (Fsp3) is 0.421. The topological polar surface area (TPSA) is 61.8 Å². The molecule has 2 aliphatic rings. The van der Waals surface area contributed by atoms with Gasteiger partial charge in [0.05, 0.1) is 23.8 Å². The van der Waals surface area contributed by atoms with Crippen molar-refractivity contribution in [2.45, 2.75) is 0 Å². The molecule has 0 radical (unpaired) electrons. The summed E-state index contributed by atoms with van der Waals surface area (Å²) in [5, 5.41) is 8.81. The molecule has 0 N–H and O–H groups in total. The van der Waals surface area contributed by atoms with Gasteiger partial charge in [0.25, 0.3) is 5.91 Å². The number of carbonyl (C=O) groups excluding carboxylic acids is 1. The van der Waals surface area contributed by atoms with Gasteiger partial charge in [0.1, 0.15) is 5.82 Å². The lowest BCUT2D eigenvalue weighted by atomic mass is 10.1. The number of aromatic nitrogens is 2.